The molecule has 0 saturated carbocycles. The number of carbonyl (C=O) groups is 6. The van der Waals surface area contributed by atoms with Gasteiger partial charge < -0.3 is 67.4 Å². The molecular formula is C76H73BrClLiN10O21. The Morgan fingerprint density at radius 2 is 0.782 bits per heavy atom. The van der Waals surface area contributed by atoms with Crippen LogP contribution < -0.4 is 65.8 Å². The number of anilines is 6. The first kappa shape index (κ1) is 91.0. The zero-order chi connectivity index (χ0) is 79.4. The number of rotatable bonds is 18. The molecule has 4 amide bonds. The average Bonchev–Trinajstić information content (AvgIpc) is 1.62. The van der Waals surface area contributed by atoms with Crippen molar-refractivity contribution in [2.75, 3.05) is 39.3 Å². The zero-order valence-electron chi connectivity index (χ0n) is 59.7. The molecule has 10 aromatic carbocycles. The smallest absolute Gasteiger partial charge is 0.870 e. The van der Waals surface area contributed by atoms with Crippen LogP contribution in [0.1, 0.15) is 68.4 Å². The second kappa shape index (κ2) is 46.6. The first-order chi connectivity index (χ1) is 51.4. The third-order valence-electron chi connectivity index (χ3n) is 14.1. The Morgan fingerprint density at radius 3 is 1.15 bits per heavy atom. The molecular weight excluding hydrogens is 1510 g/mol. The summed E-state index contributed by atoms with van der Waals surface area (Å²) < 4.78 is 21.1. The SMILES string of the molecule is BrCc1ccccc1.CC(=O)Nc1ccc(N)cc1OCc1ccccc1.CC(=O)Nc1ccc([N+](=O)[O-])cc1O.CC(=O)Nc1ccc([N+](=O)[O-])cc1OC(C)=O.CC(=O)Nc1ccc([N+](=O)[O-])cc1OCc1ccccc1.Nc1ccc([N+](=O)[O-])cc1O.O=C(Cl)OCC1c2ccccc2-c2ccccc21.[Li+].[OH-]. The van der Waals surface area contributed by atoms with Gasteiger partial charge in [-0.25, -0.2) is 4.79 Å². The van der Waals surface area contributed by atoms with Gasteiger partial charge in [0, 0.05) is 93.5 Å². The third kappa shape index (κ3) is 31.4. The Hall–Kier alpha value is -13.3. The summed E-state index contributed by atoms with van der Waals surface area (Å²) in [6.07, 6.45) is 0. The number of hydrogen-bond donors (Lipinski definition) is 8. The number of nitrogens with one attached hydrogen (secondary N) is 4. The molecule has 34 heteroatoms. The number of non-ortho nitro benzene ring substituents is 4. The van der Waals surface area contributed by atoms with Crippen LogP contribution in [-0.4, -0.2) is 77.0 Å². The van der Waals surface area contributed by atoms with Crippen LogP contribution in [-0.2, 0) is 47.3 Å². The van der Waals surface area contributed by atoms with Gasteiger partial charge in [0.2, 0.25) is 23.6 Å². The molecule has 1 aliphatic carbocycles. The fraction of sp³-hybridized carbons (Fsp3) is 0.132. The van der Waals surface area contributed by atoms with Crippen molar-refractivity contribution in [2.24, 2.45) is 0 Å². The van der Waals surface area contributed by atoms with Gasteiger partial charge in [0.15, 0.2) is 5.75 Å². The Balaban J connectivity index is 0.000000337. The maximum atomic E-state index is 11.2. The Labute approximate surface area is 654 Å². The van der Waals surface area contributed by atoms with Crippen molar-refractivity contribution in [3.05, 3.63) is 299 Å². The molecule has 0 aromatic heterocycles. The van der Waals surface area contributed by atoms with E-state index in [1.807, 2.05) is 103 Å². The first-order valence-electron chi connectivity index (χ1n) is 31.8. The molecule has 1 aliphatic rings. The number of hydrogen-bond acceptors (Lipinski definition) is 23. The number of benzene rings is 10. The van der Waals surface area contributed by atoms with E-state index in [9.17, 15) is 74.3 Å². The predicted octanol–water partition coefficient (Wildman–Crippen LogP) is 13.1. The number of ether oxygens (including phenoxy) is 4. The number of phenolic OH excluding ortho intramolecular Hbond substituents is 2. The van der Waals surface area contributed by atoms with Crippen LogP contribution in [0.4, 0.5) is 61.7 Å². The van der Waals surface area contributed by atoms with E-state index in [1.165, 1.54) is 110 Å². The number of nitro benzene ring substituents is 4. The maximum absolute atomic E-state index is 11.2. The van der Waals surface area contributed by atoms with Crippen LogP contribution in [0.15, 0.2) is 231 Å². The molecule has 0 spiro atoms. The van der Waals surface area contributed by atoms with Gasteiger partial charge in [-0.05, 0) is 75.3 Å². The summed E-state index contributed by atoms with van der Waals surface area (Å²) in [6, 6.07) is 65.7. The molecule has 0 bridgehead atoms. The molecule has 0 heterocycles. The minimum atomic E-state index is -0.753. The van der Waals surface area contributed by atoms with Gasteiger partial charge in [-0.1, -0.05) is 155 Å². The molecule has 568 valence electrons. The number of phenols is 2. The van der Waals surface area contributed by atoms with Crippen LogP contribution >= 0.6 is 27.5 Å². The van der Waals surface area contributed by atoms with Crippen molar-refractivity contribution >= 4 is 119 Å². The van der Waals surface area contributed by atoms with E-state index in [-0.39, 0.29) is 130 Å². The average molecular weight is 1580 g/mol. The fourth-order valence-electron chi connectivity index (χ4n) is 9.35. The number of nitrogens with two attached hydrogens (primary N) is 2. The Morgan fingerprint density at radius 1 is 0.445 bits per heavy atom. The van der Waals surface area contributed by atoms with Crippen molar-refractivity contribution in [3.63, 3.8) is 0 Å². The number of fused-ring (bicyclic) bond motifs is 3. The summed E-state index contributed by atoms with van der Waals surface area (Å²) in [5.74, 6) is -1.49. The second-order valence-corrected chi connectivity index (χ2v) is 23.2. The molecule has 31 nitrogen and oxygen atoms in total. The van der Waals surface area contributed by atoms with E-state index in [0.29, 0.717) is 29.4 Å². The molecule has 0 fully saturated rings. The number of alkyl halides is 1. The normalized spacial score (nSPS) is 10.0. The molecule has 0 unspecified atom stereocenters. The summed E-state index contributed by atoms with van der Waals surface area (Å²) in [6.45, 7) is 7.51. The van der Waals surface area contributed by atoms with Gasteiger partial charge in [0.05, 0.1) is 72.4 Å². The van der Waals surface area contributed by atoms with E-state index in [4.69, 9.17) is 47.1 Å². The number of nitrogen functional groups attached to an aromatic ring is 2. The summed E-state index contributed by atoms with van der Waals surface area (Å²) in [5.41, 5.74) is 19.7. The molecule has 0 radical (unpaired) electrons. The Kier molecular flexibility index (Phi) is 38.6. The molecule has 0 aliphatic heterocycles. The largest absolute Gasteiger partial charge is 1.00 e. The van der Waals surface area contributed by atoms with Crippen molar-refractivity contribution in [1.82, 2.24) is 0 Å². The van der Waals surface area contributed by atoms with Crippen LogP contribution in [0.2, 0.25) is 0 Å². The summed E-state index contributed by atoms with van der Waals surface area (Å²) in [7, 11) is 0. The minimum Gasteiger partial charge on any atom is -0.870 e. The van der Waals surface area contributed by atoms with Crippen molar-refractivity contribution in [2.45, 2.75) is 59.1 Å². The van der Waals surface area contributed by atoms with Gasteiger partial charge in [0.25, 0.3) is 22.7 Å². The standard InChI is InChI=1S/C15H11ClO2.C15H14N2O4.C15H16N2O2.C10H10N2O5.C8H8N2O4.C7H7Br.C6H6N2O3.Li.H2O/c16-15(17)18-9-14-12-7-3-1-5-10(12)11-6-2-4-8-13(11)14;1-11(18)16-14-8-7-13(17(19)20)9-15(14)21-10-12-5-3-2-4-6-12;1-11(18)17-14-8-7-13(16)9-15(14)19-10-12-5-3-2-4-6-12;1-6(13)11-9-4-3-8(12(15)16)5-10(9)17-7(2)14;1-5(11)9-7-3-2-6(10(13)14)4-8(7)12;8-6-7-4-2-1-3-5-7;7-5-2-1-4(8(10)11)3-6(5)9;;/h1-8,14H,9H2;2-9H,10H2,1H3,(H,16,18);2-9H,10,16H2,1H3,(H,17,18);3-5H,1-2H3,(H,11,13);2-4,12H,1H3,(H,9,11);1-5H,6H2;1-3,9H,7H2;;1H2/q;;;;;;;+1;/p-1. The molecule has 0 atom stereocenters. The Bertz CT molecular complexity index is 4760. The number of halogens is 2. The summed E-state index contributed by atoms with van der Waals surface area (Å²) in [5, 5.41) is 71.0. The molecule has 11 N–H and O–H groups in total. The molecule has 10 aromatic rings. The monoisotopic (exact) mass is 1580 g/mol. The summed E-state index contributed by atoms with van der Waals surface area (Å²) in [4.78, 5) is 105. The quantitative estimate of drug-likeness (QED) is 0.00455. The molecule has 11 rings (SSSR count). The van der Waals surface area contributed by atoms with Crippen LogP contribution in [0.5, 0.6) is 28.7 Å². The topological polar surface area (TPSA) is 483 Å². The molecule has 0 saturated heterocycles. The van der Waals surface area contributed by atoms with E-state index < -0.39 is 31.1 Å². The van der Waals surface area contributed by atoms with E-state index in [2.05, 4.69) is 73.6 Å². The van der Waals surface area contributed by atoms with Crippen LogP contribution in [0, 0.1) is 40.5 Å². The maximum Gasteiger partial charge on any atom is 1.00 e. The number of amides is 4. The number of nitrogens with zero attached hydrogens (tertiary/aromatic N) is 4. The van der Waals surface area contributed by atoms with Gasteiger partial charge in [-0.2, -0.15) is 0 Å². The third-order valence-corrected chi connectivity index (χ3v) is 14.8. The summed E-state index contributed by atoms with van der Waals surface area (Å²) >= 11 is 8.61. The van der Waals surface area contributed by atoms with Crippen molar-refractivity contribution < 1.29 is 102 Å². The predicted molar refractivity (Wildman–Crippen MR) is 413 cm³/mol. The minimum absolute atomic E-state index is 0. The fourth-order valence-corrected chi connectivity index (χ4v) is 9.78. The van der Waals surface area contributed by atoms with Crippen LogP contribution in [0.3, 0.4) is 0 Å². The second-order valence-electron chi connectivity index (χ2n) is 22.4. The number of nitro groups is 4. The van der Waals surface area contributed by atoms with Crippen molar-refractivity contribution in [3.8, 4) is 39.9 Å². The van der Waals surface area contributed by atoms with E-state index in [1.54, 1.807) is 18.2 Å². The molecule has 110 heavy (non-hydrogen) atoms. The van der Waals surface area contributed by atoms with Gasteiger partial charge in [-0.15, -0.1) is 0 Å². The number of carbonyl (C=O) groups excluding carboxylic acids is 6. The number of aromatic hydroxyl groups is 2. The van der Waals surface area contributed by atoms with Gasteiger partial charge >= 0.3 is 30.3 Å². The first-order valence-corrected chi connectivity index (χ1v) is 33.3. The van der Waals surface area contributed by atoms with Gasteiger partial charge in [-0.3, -0.25) is 64.4 Å². The van der Waals surface area contributed by atoms with E-state index >= 15 is 0 Å². The van der Waals surface area contributed by atoms with Crippen LogP contribution in [0.25, 0.3) is 11.1 Å². The van der Waals surface area contributed by atoms with Gasteiger partial charge in [0.1, 0.15) is 42.8 Å². The number of esters is 1. The zero-order valence-corrected chi connectivity index (χ0v) is 62.1. The van der Waals surface area contributed by atoms with Crippen molar-refractivity contribution in [1.29, 1.82) is 0 Å². The van der Waals surface area contributed by atoms with E-state index in [0.717, 1.165) is 41.6 Å².